The highest BCUT2D eigenvalue weighted by Gasteiger charge is 2.01. The van der Waals surface area contributed by atoms with Gasteiger partial charge in [0, 0.05) is 6.20 Å². The summed E-state index contributed by atoms with van der Waals surface area (Å²) in [6.45, 7) is 1.96. The minimum atomic E-state index is 0.892. The first-order chi connectivity index (χ1) is 5.75. The van der Waals surface area contributed by atoms with E-state index in [1.54, 1.807) is 17.7 Å². The minimum absolute atomic E-state index is 0.892. The Kier molecular flexibility index (Phi) is 1.98. The summed E-state index contributed by atoms with van der Waals surface area (Å²) >= 11 is 4.89. The van der Waals surface area contributed by atoms with Gasteiger partial charge < -0.3 is 0 Å². The van der Waals surface area contributed by atoms with Gasteiger partial charge in [0.15, 0.2) is 3.92 Å². The summed E-state index contributed by atoms with van der Waals surface area (Å²) in [5.74, 6) is 0. The average molecular weight is 244 g/mol. The molecule has 5 heteroatoms. The molecule has 0 aliphatic heterocycles. The van der Waals surface area contributed by atoms with Crippen LogP contribution in [0.25, 0.3) is 5.00 Å². The normalized spacial score (nSPS) is 10.5. The first kappa shape index (κ1) is 7.94. The molecule has 0 radical (unpaired) electrons. The van der Waals surface area contributed by atoms with Crippen molar-refractivity contribution in [1.82, 2.24) is 14.5 Å². The number of aromatic nitrogens is 3. The molecule has 0 saturated heterocycles. The van der Waals surface area contributed by atoms with Crippen molar-refractivity contribution in [3.05, 3.63) is 28.3 Å². The van der Waals surface area contributed by atoms with Gasteiger partial charge in [-0.05, 0) is 22.9 Å². The number of nitrogens with zero attached hydrogens (tertiary/aromatic N) is 3. The van der Waals surface area contributed by atoms with Gasteiger partial charge in [-0.3, -0.25) is 4.57 Å². The first-order valence-electron chi connectivity index (χ1n) is 3.38. The van der Waals surface area contributed by atoms with E-state index in [0.717, 1.165) is 14.6 Å². The fourth-order valence-electron chi connectivity index (χ4n) is 0.906. The van der Waals surface area contributed by atoms with Gasteiger partial charge in [-0.1, -0.05) is 11.3 Å². The van der Waals surface area contributed by atoms with Gasteiger partial charge in [0.25, 0.3) is 0 Å². The van der Waals surface area contributed by atoms with Crippen molar-refractivity contribution in [3.8, 4) is 5.00 Å². The maximum Gasteiger partial charge on any atom is 0.161 e. The summed E-state index contributed by atoms with van der Waals surface area (Å²) in [7, 11) is 0. The van der Waals surface area contributed by atoms with E-state index in [2.05, 4.69) is 25.9 Å². The lowest BCUT2D eigenvalue weighted by Crippen LogP contribution is -1.83. The molecule has 2 aromatic heterocycles. The molecule has 0 fully saturated rings. The molecular formula is C7H6BrN3S. The number of thiazole rings is 1. The number of rotatable bonds is 1. The van der Waals surface area contributed by atoms with Crippen molar-refractivity contribution >= 4 is 27.3 Å². The fourth-order valence-corrected chi connectivity index (χ4v) is 2.09. The second kappa shape index (κ2) is 2.99. The van der Waals surface area contributed by atoms with Crippen LogP contribution >= 0.6 is 27.3 Å². The predicted molar refractivity (Wildman–Crippen MR) is 51.7 cm³/mol. The van der Waals surface area contributed by atoms with Crippen molar-refractivity contribution in [2.24, 2.45) is 0 Å². The Hall–Kier alpha value is -0.680. The molecule has 0 amide bonds. The van der Waals surface area contributed by atoms with E-state index in [-0.39, 0.29) is 0 Å². The van der Waals surface area contributed by atoms with E-state index >= 15 is 0 Å². The van der Waals surface area contributed by atoms with Crippen LogP contribution in [0.2, 0.25) is 0 Å². The van der Waals surface area contributed by atoms with Crippen LogP contribution in [0.4, 0.5) is 0 Å². The van der Waals surface area contributed by atoms with Crippen molar-refractivity contribution in [3.63, 3.8) is 0 Å². The van der Waals surface area contributed by atoms with E-state index in [1.165, 1.54) is 0 Å². The largest absolute Gasteiger partial charge is 0.296 e. The lowest BCUT2D eigenvalue weighted by molar-refractivity contribution is 1.08. The van der Waals surface area contributed by atoms with Crippen molar-refractivity contribution in [2.45, 2.75) is 6.92 Å². The van der Waals surface area contributed by atoms with Crippen LogP contribution in [0.5, 0.6) is 0 Å². The number of aryl methyl sites for hydroxylation is 1. The quantitative estimate of drug-likeness (QED) is 0.771. The Morgan fingerprint density at radius 3 is 2.83 bits per heavy atom. The molecule has 0 bridgehead atoms. The van der Waals surface area contributed by atoms with Crippen molar-refractivity contribution < 1.29 is 0 Å². The highest BCUT2D eigenvalue weighted by Crippen LogP contribution is 2.21. The monoisotopic (exact) mass is 243 g/mol. The summed E-state index contributed by atoms with van der Waals surface area (Å²) in [6, 6.07) is 0. The standard InChI is InChI=1S/C7H6BrN3S/c1-5-3-11(4-10-5)6-2-9-7(8)12-6/h2-4H,1H3. The van der Waals surface area contributed by atoms with E-state index in [0.29, 0.717) is 0 Å². The first-order valence-corrected chi connectivity index (χ1v) is 4.99. The van der Waals surface area contributed by atoms with Gasteiger partial charge in [-0.15, -0.1) is 0 Å². The highest BCUT2D eigenvalue weighted by molar-refractivity contribution is 9.11. The molecule has 2 heterocycles. The maximum absolute atomic E-state index is 4.13. The molecule has 0 aliphatic carbocycles. The van der Waals surface area contributed by atoms with Crippen LogP contribution in [0, 0.1) is 6.92 Å². The minimum Gasteiger partial charge on any atom is -0.296 e. The average Bonchev–Trinajstić information content (AvgIpc) is 2.58. The molecule has 0 atom stereocenters. The molecule has 12 heavy (non-hydrogen) atoms. The molecule has 3 nitrogen and oxygen atoms in total. The summed E-state index contributed by atoms with van der Waals surface area (Å²) in [6.07, 6.45) is 5.57. The zero-order chi connectivity index (χ0) is 8.55. The van der Waals surface area contributed by atoms with Crippen LogP contribution in [-0.4, -0.2) is 14.5 Å². The topological polar surface area (TPSA) is 30.7 Å². The third-order valence-corrected chi connectivity index (χ3v) is 2.92. The summed E-state index contributed by atoms with van der Waals surface area (Å²) in [5, 5.41) is 1.07. The fraction of sp³-hybridized carbons (Fsp3) is 0.143. The summed E-state index contributed by atoms with van der Waals surface area (Å²) in [5.41, 5.74) is 1.01. The van der Waals surface area contributed by atoms with Gasteiger partial charge in [0.2, 0.25) is 0 Å². The number of hydrogen-bond donors (Lipinski definition) is 0. The highest BCUT2D eigenvalue weighted by atomic mass is 79.9. The van der Waals surface area contributed by atoms with Crippen LogP contribution in [0.1, 0.15) is 5.69 Å². The molecule has 62 valence electrons. The Morgan fingerprint density at radius 1 is 1.50 bits per heavy atom. The van der Waals surface area contributed by atoms with Crippen LogP contribution in [-0.2, 0) is 0 Å². The van der Waals surface area contributed by atoms with Gasteiger partial charge in [-0.25, -0.2) is 9.97 Å². The number of hydrogen-bond acceptors (Lipinski definition) is 3. The summed E-state index contributed by atoms with van der Waals surface area (Å²) in [4.78, 5) is 8.22. The van der Waals surface area contributed by atoms with Crippen LogP contribution in [0.3, 0.4) is 0 Å². The van der Waals surface area contributed by atoms with Gasteiger partial charge in [0.05, 0.1) is 11.9 Å². The number of halogens is 1. The maximum atomic E-state index is 4.13. The second-order valence-electron chi connectivity index (χ2n) is 2.37. The zero-order valence-corrected chi connectivity index (χ0v) is 8.76. The second-order valence-corrected chi connectivity index (χ2v) is 4.66. The molecule has 2 aromatic rings. The Balaban J connectivity index is 2.43. The molecular weight excluding hydrogens is 238 g/mol. The van der Waals surface area contributed by atoms with Gasteiger partial charge >= 0.3 is 0 Å². The lowest BCUT2D eigenvalue weighted by Gasteiger charge is -1.91. The predicted octanol–water partition coefficient (Wildman–Crippen LogP) is 2.40. The molecule has 0 spiro atoms. The van der Waals surface area contributed by atoms with Crippen LogP contribution < -0.4 is 0 Å². The summed E-state index contributed by atoms with van der Waals surface area (Å²) < 4.78 is 2.85. The molecule has 0 aliphatic rings. The third-order valence-electron chi connectivity index (χ3n) is 1.43. The zero-order valence-electron chi connectivity index (χ0n) is 6.36. The van der Waals surface area contributed by atoms with Gasteiger partial charge in [0.1, 0.15) is 11.3 Å². The molecule has 0 aromatic carbocycles. The third kappa shape index (κ3) is 1.42. The Labute approximate surface area is 82.2 Å². The molecule has 0 N–H and O–H groups in total. The smallest absolute Gasteiger partial charge is 0.161 e. The van der Waals surface area contributed by atoms with E-state index in [4.69, 9.17) is 0 Å². The number of imidazole rings is 1. The lowest BCUT2D eigenvalue weighted by atomic mass is 10.6. The van der Waals surface area contributed by atoms with Gasteiger partial charge in [-0.2, -0.15) is 0 Å². The van der Waals surface area contributed by atoms with E-state index in [1.807, 2.05) is 23.9 Å². The Morgan fingerprint density at radius 2 is 2.33 bits per heavy atom. The van der Waals surface area contributed by atoms with Crippen LogP contribution in [0.15, 0.2) is 22.6 Å². The van der Waals surface area contributed by atoms with Crippen molar-refractivity contribution in [2.75, 3.05) is 0 Å². The SMILES string of the molecule is Cc1cn(-c2cnc(Br)s2)cn1. The Bertz CT molecular complexity index is 355. The van der Waals surface area contributed by atoms with E-state index in [9.17, 15) is 0 Å². The molecule has 0 saturated carbocycles. The molecule has 0 unspecified atom stereocenters. The van der Waals surface area contributed by atoms with Crippen molar-refractivity contribution in [1.29, 1.82) is 0 Å². The molecule has 2 rings (SSSR count). The van der Waals surface area contributed by atoms with E-state index < -0.39 is 0 Å².